The molecule has 0 aliphatic rings. The summed E-state index contributed by atoms with van der Waals surface area (Å²) in [4.78, 5) is 11.8. The molecule has 1 aromatic carbocycles. The molecule has 0 radical (unpaired) electrons. The van der Waals surface area contributed by atoms with E-state index in [-0.39, 0.29) is 5.78 Å². The predicted octanol–water partition coefficient (Wildman–Crippen LogP) is 1.40. The fraction of sp³-hybridized carbons (Fsp3) is 0.167. The molecule has 82 valence electrons. The minimum Gasteiger partial charge on any atom is -0.330 e. The Kier molecular flexibility index (Phi) is 3.12. The third kappa shape index (κ3) is 2.01. The van der Waals surface area contributed by atoms with E-state index < -0.39 is 0 Å². The van der Waals surface area contributed by atoms with Gasteiger partial charge in [-0.25, -0.2) is 4.68 Å². The summed E-state index contributed by atoms with van der Waals surface area (Å²) in [6, 6.07) is 11.3. The molecule has 2 aromatic rings. The normalized spacial score (nSPS) is 10.3. The van der Waals surface area contributed by atoms with Gasteiger partial charge in [-0.05, 0) is 24.7 Å². The molecule has 0 atom stereocenters. The molecular weight excluding hydrogens is 202 g/mol. The van der Waals surface area contributed by atoms with Crippen LogP contribution < -0.4 is 5.73 Å². The molecule has 2 N–H and O–H groups in total. The molecule has 4 heteroatoms. The van der Waals surface area contributed by atoms with E-state index in [2.05, 4.69) is 5.10 Å². The smallest absolute Gasteiger partial charge is 0.182 e. The highest BCUT2D eigenvalue weighted by atomic mass is 16.1. The number of nitrogens with zero attached hydrogens (tertiary/aromatic N) is 2. The minimum atomic E-state index is 0.0175. The number of rotatable bonds is 4. The number of ketones is 1. The number of Topliss-reactive ketones (excluding diaryl/α,β-unsaturated/α-hetero) is 1. The SMILES string of the molecule is NCCC(=O)c1ccnn1-c1ccccc1. The fourth-order valence-corrected chi connectivity index (χ4v) is 1.55. The van der Waals surface area contributed by atoms with Gasteiger partial charge in [0.2, 0.25) is 0 Å². The van der Waals surface area contributed by atoms with Gasteiger partial charge < -0.3 is 5.73 Å². The molecule has 0 amide bonds. The van der Waals surface area contributed by atoms with Crippen LogP contribution in [0.15, 0.2) is 42.6 Å². The highest BCUT2D eigenvalue weighted by Gasteiger charge is 2.11. The molecule has 0 spiro atoms. The minimum absolute atomic E-state index is 0.0175. The third-order valence-corrected chi connectivity index (χ3v) is 2.30. The van der Waals surface area contributed by atoms with Crippen LogP contribution in [0.5, 0.6) is 0 Å². The van der Waals surface area contributed by atoms with Gasteiger partial charge in [-0.1, -0.05) is 18.2 Å². The third-order valence-electron chi connectivity index (χ3n) is 2.30. The molecule has 1 heterocycles. The Balaban J connectivity index is 2.37. The number of carbonyl (C=O) groups excluding carboxylic acids is 1. The summed E-state index contributed by atoms with van der Waals surface area (Å²) < 4.78 is 1.64. The number of carbonyl (C=O) groups is 1. The van der Waals surface area contributed by atoms with Crippen LogP contribution in [-0.2, 0) is 0 Å². The molecule has 2 rings (SSSR count). The second-order valence-corrected chi connectivity index (χ2v) is 3.43. The van der Waals surface area contributed by atoms with Gasteiger partial charge in [-0.3, -0.25) is 4.79 Å². The summed E-state index contributed by atoms with van der Waals surface area (Å²) in [5.41, 5.74) is 6.84. The zero-order valence-corrected chi connectivity index (χ0v) is 8.84. The van der Waals surface area contributed by atoms with Gasteiger partial charge in [0.05, 0.1) is 11.9 Å². The van der Waals surface area contributed by atoms with Crippen molar-refractivity contribution in [2.75, 3.05) is 6.54 Å². The molecular formula is C12H13N3O. The Morgan fingerprint density at radius 3 is 2.69 bits per heavy atom. The Morgan fingerprint density at radius 2 is 2.00 bits per heavy atom. The number of nitrogens with two attached hydrogens (primary N) is 1. The summed E-state index contributed by atoms with van der Waals surface area (Å²) in [5.74, 6) is 0.0175. The van der Waals surface area contributed by atoms with Crippen molar-refractivity contribution in [3.8, 4) is 5.69 Å². The van der Waals surface area contributed by atoms with Crippen LogP contribution in [0.1, 0.15) is 16.9 Å². The maximum Gasteiger partial charge on any atom is 0.182 e. The summed E-state index contributed by atoms with van der Waals surface area (Å²) in [5, 5.41) is 4.14. The van der Waals surface area contributed by atoms with E-state index in [1.54, 1.807) is 16.9 Å². The molecule has 0 bridgehead atoms. The zero-order chi connectivity index (χ0) is 11.4. The average molecular weight is 215 g/mol. The maximum absolute atomic E-state index is 11.8. The van der Waals surface area contributed by atoms with Gasteiger partial charge in [-0.2, -0.15) is 5.10 Å². The first-order valence-corrected chi connectivity index (χ1v) is 5.15. The van der Waals surface area contributed by atoms with Crippen molar-refractivity contribution in [2.24, 2.45) is 5.73 Å². The lowest BCUT2D eigenvalue weighted by molar-refractivity contribution is 0.0978. The standard InChI is InChI=1S/C12H13N3O/c13-8-6-12(16)11-7-9-14-15(11)10-4-2-1-3-5-10/h1-5,7,9H,6,8,13H2. The largest absolute Gasteiger partial charge is 0.330 e. The summed E-state index contributed by atoms with van der Waals surface area (Å²) in [6.07, 6.45) is 1.97. The number of benzene rings is 1. The predicted molar refractivity (Wildman–Crippen MR) is 61.6 cm³/mol. The lowest BCUT2D eigenvalue weighted by Crippen LogP contribution is -2.13. The summed E-state index contributed by atoms with van der Waals surface area (Å²) in [7, 11) is 0. The van der Waals surface area contributed by atoms with Gasteiger partial charge in [0.25, 0.3) is 0 Å². The van der Waals surface area contributed by atoms with Crippen LogP contribution in [0.4, 0.5) is 0 Å². The van der Waals surface area contributed by atoms with Crippen molar-refractivity contribution in [3.05, 3.63) is 48.3 Å². The van der Waals surface area contributed by atoms with E-state index in [0.717, 1.165) is 5.69 Å². The molecule has 0 unspecified atom stereocenters. The van der Waals surface area contributed by atoms with Gasteiger partial charge in [0.15, 0.2) is 5.78 Å². The van der Waals surface area contributed by atoms with E-state index >= 15 is 0 Å². The first-order chi connectivity index (χ1) is 7.83. The lowest BCUT2D eigenvalue weighted by Gasteiger charge is -2.05. The van der Waals surface area contributed by atoms with Crippen molar-refractivity contribution in [1.82, 2.24) is 9.78 Å². The number of hydrogen-bond donors (Lipinski definition) is 1. The molecule has 0 fully saturated rings. The van der Waals surface area contributed by atoms with Crippen molar-refractivity contribution in [3.63, 3.8) is 0 Å². The molecule has 1 aromatic heterocycles. The van der Waals surface area contributed by atoms with Crippen LogP contribution in [0, 0.1) is 0 Å². The molecule has 0 saturated carbocycles. The van der Waals surface area contributed by atoms with Crippen LogP contribution in [0.25, 0.3) is 5.69 Å². The Hall–Kier alpha value is -1.94. The summed E-state index contributed by atoms with van der Waals surface area (Å²) >= 11 is 0. The Morgan fingerprint density at radius 1 is 1.25 bits per heavy atom. The summed E-state index contributed by atoms with van der Waals surface area (Å²) in [6.45, 7) is 0.360. The maximum atomic E-state index is 11.8. The van der Waals surface area contributed by atoms with E-state index in [0.29, 0.717) is 18.7 Å². The monoisotopic (exact) mass is 215 g/mol. The Bertz CT molecular complexity index is 476. The van der Waals surface area contributed by atoms with Gasteiger partial charge in [0, 0.05) is 6.42 Å². The van der Waals surface area contributed by atoms with Crippen LogP contribution in [0.2, 0.25) is 0 Å². The molecule has 4 nitrogen and oxygen atoms in total. The van der Waals surface area contributed by atoms with E-state index in [1.165, 1.54) is 0 Å². The molecule has 0 aliphatic carbocycles. The van der Waals surface area contributed by atoms with Crippen molar-refractivity contribution in [2.45, 2.75) is 6.42 Å². The van der Waals surface area contributed by atoms with Gasteiger partial charge >= 0.3 is 0 Å². The van der Waals surface area contributed by atoms with Gasteiger partial charge in [0.1, 0.15) is 5.69 Å². The van der Waals surface area contributed by atoms with Crippen molar-refractivity contribution >= 4 is 5.78 Å². The fourth-order valence-electron chi connectivity index (χ4n) is 1.55. The highest BCUT2D eigenvalue weighted by Crippen LogP contribution is 2.11. The number of hydrogen-bond acceptors (Lipinski definition) is 3. The topological polar surface area (TPSA) is 60.9 Å². The van der Waals surface area contributed by atoms with E-state index in [9.17, 15) is 4.79 Å². The quantitative estimate of drug-likeness (QED) is 0.784. The lowest BCUT2D eigenvalue weighted by atomic mass is 10.2. The van der Waals surface area contributed by atoms with Gasteiger partial charge in [-0.15, -0.1) is 0 Å². The van der Waals surface area contributed by atoms with Crippen LogP contribution >= 0.6 is 0 Å². The molecule has 0 saturated heterocycles. The second kappa shape index (κ2) is 4.72. The van der Waals surface area contributed by atoms with E-state index in [4.69, 9.17) is 5.73 Å². The van der Waals surface area contributed by atoms with Crippen molar-refractivity contribution in [1.29, 1.82) is 0 Å². The molecule has 16 heavy (non-hydrogen) atoms. The first-order valence-electron chi connectivity index (χ1n) is 5.15. The second-order valence-electron chi connectivity index (χ2n) is 3.43. The average Bonchev–Trinajstić information content (AvgIpc) is 2.79. The number of aromatic nitrogens is 2. The molecule has 0 aliphatic heterocycles. The van der Waals surface area contributed by atoms with Crippen LogP contribution in [0.3, 0.4) is 0 Å². The number of para-hydroxylation sites is 1. The van der Waals surface area contributed by atoms with E-state index in [1.807, 2.05) is 30.3 Å². The van der Waals surface area contributed by atoms with Crippen molar-refractivity contribution < 1.29 is 4.79 Å². The first kappa shape index (κ1) is 10.6. The highest BCUT2D eigenvalue weighted by molar-refractivity contribution is 5.95. The zero-order valence-electron chi connectivity index (χ0n) is 8.84. The van der Waals surface area contributed by atoms with Crippen LogP contribution in [-0.4, -0.2) is 22.1 Å². The Labute approximate surface area is 93.7 Å².